The topological polar surface area (TPSA) is 58.4 Å². The van der Waals surface area contributed by atoms with E-state index < -0.39 is 0 Å². The summed E-state index contributed by atoms with van der Waals surface area (Å²) in [6, 6.07) is 16.7. The SMILES string of the molecule is CC(C)NC(=O)c1coc(CN(Cc2cccc(F)c2)C(C)c2ccccc2)n1. The summed E-state index contributed by atoms with van der Waals surface area (Å²) in [5.41, 5.74) is 2.25. The van der Waals surface area contributed by atoms with Gasteiger partial charge in [-0.1, -0.05) is 42.5 Å². The number of benzene rings is 2. The highest BCUT2D eigenvalue weighted by molar-refractivity contribution is 5.92. The van der Waals surface area contributed by atoms with Crippen molar-refractivity contribution in [2.75, 3.05) is 0 Å². The fourth-order valence-electron chi connectivity index (χ4n) is 3.14. The van der Waals surface area contributed by atoms with Gasteiger partial charge in [0.15, 0.2) is 5.69 Å². The van der Waals surface area contributed by atoms with E-state index in [1.54, 1.807) is 6.07 Å². The van der Waals surface area contributed by atoms with Gasteiger partial charge in [-0.15, -0.1) is 0 Å². The molecule has 29 heavy (non-hydrogen) atoms. The van der Waals surface area contributed by atoms with E-state index in [1.165, 1.54) is 18.4 Å². The number of rotatable bonds is 8. The van der Waals surface area contributed by atoms with E-state index in [9.17, 15) is 9.18 Å². The molecule has 0 radical (unpaired) electrons. The Morgan fingerprint density at radius 1 is 1.10 bits per heavy atom. The molecule has 3 rings (SSSR count). The summed E-state index contributed by atoms with van der Waals surface area (Å²) in [6.07, 6.45) is 1.38. The van der Waals surface area contributed by atoms with Gasteiger partial charge in [0.2, 0.25) is 5.89 Å². The van der Waals surface area contributed by atoms with Crippen LogP contribution in [0.4, 0.5) is 4.39 Å². The monoisotopic (exact) mass is 395 g/mol. The van der Waals surface area contributed by atoms with Gasteiger partial charge in [-0.25, -0.2) is 9.37 Å². The lowest BCUT2D eigenvalue weighted by molar-refractivity contribution is 0.0938. The van der Waals surface area contributed by atoms with Crippen LogP contribution in [-0.2, 0) is 13.1 Å². The molecule has 1 N–H and O–H groups in total. The molecule has 0 bridgehead atoms. The lowest BCUT2D eigenvalue weighted by Gasteiger charge is -2.28. The van der Waals surface area contributed by atoms with Gasteiger partial charge in [0, 0.05) is 18.6 Å². The average Bonchev–Trinajstić information content (AvgIpc) is 3.16. The van der Waals surface area contributed by atoms with Crippen LogP contribution in [-0.4, -0.2) is 21.8 Å². The Bertz CT molecular complexity index is 940. The minimum atomic E-state index is -0.265. The van der Waals surface area contributed by atoms with Crippen LogP contribution in [0.25, 0.3) is 0 Å². The molecule has 1 aromatic heterocycles. The third-order valence-corrected chi connectivity index (χ3v) is 4.65. The molecule has 1 atom stereocenters. The number of carbonyl (C=O) groups excluding carboxylic acids is 1. The third-order valence-electron chi connectivity index (χ3n) is 4.65. The summed E-state index contributed by atoms with van der Waals surface area (Å²) in [5, 5.41) is 2.80. The van der Waals surface area contributed by atoms with Crippen LogP contribution >= 0.6 is 0 Å². The minimum absolute atomic E-state index is 0.0187. The molecule has 0 aliphatic heterocycles. The summed E-state index contributed by atoms with van der Waals surface area (Å²) < 4.78 is 19.2. The smallest absolute Gasteiger partial charge is 0.273 e. The van der Waals surface area contributed by atoms with Crippen LogP contribution in [0.1, 0.15) is 54.3 Å². The number of hydrogen-bond donors (Lipinski definition) is 1. The molecule has 5 nitrogen and oxygen atoms in total. The first kappa shape index (κ1) is 20.7. The van der Waals surface area contributed by atoms with E-state index in [0.717, 1.165) is 11.1 Å². The zero-order valence-electron chi connectivity index (χ0n) is 16.9. The highest BCUT2D eigenvalue weighted by Crippen LogP contribution is 2.24. The number of nitrogens with zero attached hydrogens (tertiary/aromatic N) is 2. The largest absolute Gasteiger partial charge is 0.447 e. The van der Waals surface area contributed by atoms with Crippen molar-refractivity contribution in [2.45, 2.75) is 45.9 Å². The van der Waals surface area contributed by atoms with E-state index in [4.69, 9.17) is 4.42 Å². The maximum atomic E-state index is 13.7. The second-order valence-electron chi connectivity index (χ2n) is 7.38. The van der Waals surface area contributed by atoms with Crippen molar-refractivity contribution in [3.05, 3.63) is 89.4 Å². The lowest BCUT2D eigenvalue weighted by Crippen LogP contribution is -2.30. The van der Waals surface area contributed by atoms with E-state index in [2.05, 4.69) is 34.3 Å². The Balaban J connectivity index is 1.81. The highest BCUT2D eigenvalue weighted by atomic mass is 19.1. The predicted molar refractivity (Wildman–Crippen MR) is 110 cm³/mol. The van der Waals surface area contributed by atoms with Crippen molar-refractivity contribution in [2.24, 2.45) is 0 Å². The Morgan fingerprint density at radius 3 is 2.55 bits per heavy atom. The molecule has 0 fully saturated rings. The number of aromatic nitrogens is 1. The summed E-state index contributed by atoms with van der Waals surface area (Å²) in [7, 11) is 0. The van der Waals surface area contributed by atoms with Crippen LogP contribution in [0.5, 0.6) is 0 Å². The maximum Gasteiger partial charge on any atom is 0.273 e. The van der Waals surface area contributed by atoms with Crippen LogP contribution in [0.15, 0.2) is 65.3 Å². The van der Waals surface area contributed by atoms with Gasteiger partial charge in [0.25, 0.3) is 5.91 Å². The van der Waals surface area contributed by atoms with Crippen LogP contribution < -0.4 is 5.32 Å². The number of amides is 1. The second kappa shape index (κ2) is 9.47. The normalized spacial score (nSPS) is 12.3. The van der Waals surface area contributed by atoms with Crippen LogP contribution in [0, 0.1) is 5.82 Å². The molecule has 0 saturated heterocycles. The van der Waals surface area contributed by atoms with Gasteiger partial charge in [-0.05, 0) is 44.0 Å². The van der Waals surface area contributed by atoms with Crippen molar-refractivity contribution in [1.29, 1.82) is 0 Å². The molecule has 6 heteroatoms. The number of nitrogens with one attached hydrogen (secondary N) is 1. The molecule has 1 heterocycles. The quantitative estimate of drug-likeness (QED) is 0.600. The van der Waals surface area contributed by atoms with Crippen molar-refractivity contribution < 1.29 is 13.6 Å². The fraction of sp³-hybridized carbons (Fsp3) is 0.304. The number of oxazole rings is 1. The van der Waals surface area contributed by atoms with Crippen molar-refractivity contribution in [3.8, 4) is 0 Å². The highest BCUT2D eigenvalue weighted by Gasteiger charge is 2.20. The van der Waals surface area contributed by atoms with Crippen LogP contribution in [0.3, 0.4) is 0 Å². The fourth-order valence-corrected chi connectivity index (χ4v) is 3.14. The molecule has 1 unspecified atom stereocenters. The third kappa shape index (κ3) is 5.74. The maximum absolute atomic E-state index is 13.7. The average molecular weight is 395 g/mol. The first-order valence-corrected chi connectivity index (χ1v) is 9.71. The van der Waals surface area contributed by atoms with E-state index in [-0.39, 0.29) is 29.5 Å². The second-order valence-corrected chi connectivity index (χ2v) is 7.38. The van der Waals surface area contributed by atoms with Gasteiger partial charge >= 0.3 is 0 Å². The number of hydrogen-bond acceptors (Lipinski definition) is 4. The molecule has 0 aliphatic carbocycles. The summed E-state index contributed by atoms with van der Waals surface area (Å²) in [4.78, 5) is 18.6. The van der Waals surface area contributed by atoms with Crippen molar-refractivity contribution in [1.82, 2.24) is 15.2 Å². The van der Waals surface area contributed by atoms with E-state index in [1.807, 2.05) is 38.1 Å². The number of halogens is 1. The first-order chi connectivity index (χ1) is 13.9. The van der Waals surface area contributed by atoms with Gasteiger partial charge in [-0.3, -0.25) is 9.69 Å². The molecule has 2 aromatic carbocycles. The number of carbonyl (C=O) groups is 1. The zero-order chi connectivity index (χ0) is 20.8. The molecule has 1 amide bonds. The Morgan fingerprint density at radius 2 is 1.86 bits per heavy atom. The summed E-state index contributed by atoms with van der Waals surface area (Å²) >= 11 is 0. The molecular formula is C23H26FN3O2. The van der Waals surface area contributed by atoms with E-state index >= 15 is 0 Å². The van der Waals surface area contributed by atoms with Crippen molar-refractivity contribution >= 4 is 5.91 Å². The zero-order valence-corrected chi connectivity index (χ0v) is 16.9. The van der Waals surface area contributed by atoms with Crippen molar-refractivity contribution in [3.63, 3.8) is 0 Å². The Hall–Kier alpha value is -2.99. The summed E-state index contributed by atoms with van der Waals surface area (Å²) in [5.74, 6) is -0.0838. The molecule has 3 aromatic rings. The van der Waals surface area contributed by atoms with Gasteiger partial charge in [0.1, 0.15) is 12.1 Å². The lowest BCUT2D eigenvalue weighted by atomic mass is 10.1. The standard InChI is InChI=1S/C23H26FN3O2/c1-16(2)25-23(28)21-15-29-22(26-21)14-27(13-18-8-7-11-20(24)12-18)17(3)19-9-5-4-6-10-19/h4-12,15-17H,13-14H2,1-3H3,(H,25,28). The van der Waals surface area contributed by atoms with E-state index in [0.29, 0.717) is 19.0 Å². The van der Waals surface area contributed by atoms with Crippen LogP contribution in [0.2, 0.25) is 0 Å². The van der Waals surface area contributed by atoms with Gasteiger partial charge in [0.05, 0.1) is 6.54 Å². The Kier molecular flexibility index (Phi) is 6.77. The molecule has 0 aliphatic rings. The Labute approximate surface area is 170 Å². The van der Waals surface area contributed by atoms with Gasteiger partial charge in [-0.2, -0.15) is 0 Å². The summed E-state index contributed by atoms with van der Waals surface area (Å²) in [6.45, 7) is 6.78. The first-order valence-electron chi connectivity index (χ1n) is 9.71. The molecule has 0 spiro atoms. The molecular weight excluding hydrogens is 369 g/mol. The molecule has 0 saturated carbocycles. The minimum Gasteiger partial charge on any atom is -0.447 e. The van der Waals surface area contributed by atoms with Gasteiger partial charge < -0.3 is 9.73 Å². The predicted octanol–water partition coefficient (Wildman–Crippen LogP) is 4.72. The molecule has 152 valence electrons.